The van der Waals surface area contributed by atoms with Crippen molar-refractivity contribution in [1.29, 1.82) is 0 Å². The maximum absolute atomic E-state index is 14.1. The molecule has 3 rings (SSSR count). The lowest BCUT2D eigenvalue weighted by atomic mass is 9.84. The number of rotatable bonds is 5. The van der Waals surface area contributed by atoms with Crippen LogP contribution in [0.25, 0.3) is 11.1 Å². The van der Waals surface area contributed by atoms with Gasteiger partial charge in [-0.1, -0.05) is 37.3 Å². The monoisotopic (exact) mass is 311 g/mol. The fraction of sp³-hybridized carbons (Fsp3) is 0.381. The zero-order valence-electron chi connectivity index (χ0n) is 13.7. The van der Waals surface area contributed by atoms with E-state index in [1.165, 1.54) is 31.2 Å². The van der Waals surface area contributed by atoms with Gasteiger partial charge in [0, 0.05) is 0 Å². The first-order chi connectivity index (χ1) is 11.3. The van der Waals surface area contributed by atoms with Crippen molar-refractivity contribution in [2.24, 2.45) is 0 Å². The maximum Gasteiger partial charge on any atom is 0.165 e. The van der Waals surface area contributed by atoms with Crippen molar-refractivity contribution in [3.63, 3.8) is 0 Å². The van der Waals surface area contributed by atoms with Gasteiger partial charge in [0.05, 0.1) is 6.61 Å². The third-order valence-electron chi connectivity index (χ3n) is 4.55. The SMILES string of the molecule is CCCOc1ccc(-c2ccc(C3CC[CH]CC3)cc2)cc1F. The number of hydrogen-bond acceptors (Lipinski definition) is 1. The smallest absolute Gasteiger partial charge is 0.165 e. The number of halogens is 1. The quantitative estimate of drug-likeness (QED) is 0.644. The second-order valence-corrected chi connectivity index (χ2v) is 6.26. The summed E-state index contributed by atoms with van der Waals surface area (Å²) in [6, 6.07) is 13.8. The van der Waals surface area contributed by atoms with Crippen LogP contribution in [0.2, 0.25) is 0 Å². The molecule has 23 heavy (non-hydrogen) atoms. The molecule has 1 fully saturated rings. The predicted molar refractivity (Wildman–Crippen MR) is 93.1 cm³/mol. The summed E-state index contributed by atoms with van der Waals surface area (Å²) < 4.78 is 19.5. The molecule has 1 saturated carbocycles. The number of hydrogen-bond donors (Lipinski definition) is 0. The van der Waals surface area contributed by atoms with Crippen LogP contribution in [0.3, 0.4) is 0 Å². The van der Waals surface area contributed by atoms with Crippen molar-refractivity contribution in [2.45, 2.75) is 44.9 Å². The first-order valence-corrected chi connectivity index (χ1v) is 8.62. The highest BCUT2D eigenvalue weighted by Crippen LogP contribution is 2.33. The topological polar surface area (TPSA) is 9.23 Å². The van der Waals surface area contributed by atoms with E-state index >= 15 is 0 Å². The third kappa shape index (κ3) is 3.93. The molecule has 2 aromatic carbocycles. The summed E-state index contributed by atoms with van der Waals surface area (Å²) in [4.78, 5) is 0. The lowest BCUT2D eigenvalue weighted by molar-refractivity contribution is 0.301. The molecule has 0 unspecified atom stereocenters. The minimum Gasteiger partial charge on any atom is -0.491 e. The summed E-state index contributed by atoms with van der Waals surface area (Å²) in [7, 11) is 0. The van der Waals surface area contributed by atoms with E-state index in [-0.39, 0.29) is 5.82 Å². The van der Waals surface area contributed by atoms with Gasteiger partial charge in [0.25, 0.3) is 0 Å². The fourth-order valence-corrected chi connectivity index (χ4v) is 3.22. The minimum absolute atomic E-state index is 0.289. The highest BCUT2D eigenvalue weighted by Gasteiger charge is 2.15. The molecule has 0 atom stereocenters. The van der Waals surface area contributed by atoms with Gasteiger partial charge < -0.3 is 4.74 Å². The molecular formula is C21H24FO. The Morgan fingerprint density at radius 1 is 1.00 bits per heavy atom. The van der Waals surface area contributed by atoms with E-state index in [4.69, 9.17) is 4.74 Å². The molecule has 0 aliphatic heterocycles. The zero-order chi connectivity index (χ0) is 16.1. The Bertz CT molecular complexity index is 627. The lowest BCUT2D eigenvalue weighted by Crippen LogP contribution is -2.04. The summed E-state index contributed by atoms with van der Waals surface area (Å²) >= 11 is 0. The van der Waals surface area contributed by atoms with Crippen molar-refractivity contribution in [2.75, 3.05) is 6.61 Å². The van der Waals surface area contributed by atoms with Gasteiger partial charge in [-0.15, -0.1) is 0 Å². The van der Waals surface area contributed by atoms with E-state index < -0.39 is 0 Å². The van der Waals surface area contributed by atoms with Crippen LogP contribution in [-0.4, -0.2) is 6.61 Å². The Balaban J connectivity index is 1.75. The van der Waals surface area contributed by atoms with E-state index in [0.717, 1.165) is 17.5 Å². The van der Waals surface area contributed by atoms with Crippen LogP contribution in [0, 0.1) is 12.2 Å². The van der Waals surface area contributed by atoms with Crippen molar-refractivity contribution in [3.8, 4) is 16.9 Å². The predicted octanol–water partition coefficient (Wildman–Crippen LogP) is 6.14. The van der Waals surface area contributed by atoms with Crippen molar-refractivity contribution in [3.05, 3.63) is 60.3 Å². The van der Waals surface area contributed by atoms with Crippen LogP contribution in [0.15, 0.2) is 42.5 Å². The van der Waals surface area contributed by atoms with Crippen LogP contribution >= 0.6 is 0 Å². The molecule has 0 saturated heterocycles. The molecule has 1 nitrogen and oxygen atoms in total. The minimum atomic E-state index is -0.289. The Hall–Kier alpha value is -1.83. The van der Waals surface area contributed by atoms with Crippen LogP contribution in [0.5, 0.6) is 5.75 Å². The molecule has 2 heteroatoms. The molecular weight excluding hydrogens is 287 g/mol. The molecule has 0 amide bonds. The van der Waals surface area contributed by atoms with E-state index in [1.54, 1.807) is 12.1 Å². The van der Waals surface area contributed by atoms with Gasteiger partial charge in [-0.25, -0.2) is 4.39 Å². The number of benzene rings is 2. The highest BCUT2D eigenvalue weighted by atomic mass is 19.1. The third-order valence-corrected chi connectivity index (χ3v) is 4.55. The van der Waals surface area contributed by atoms with Crippen LogP contribution < -0.4 is 4.74 Å². The zero-order valence-corrected chi connectivity index (χ0v) is 13.7. The van der Waals surface area contributed by atoms with Gasteiger partial charge in [-0.2, -0.15) is 0 Å². The largest absolute Gasteiger partial charge is 0.491 e. The van der Waals surface area contributed by atoms with Crippen molar-refractivity contribution < 1.29 is 9.13 Å². The summed E-state index contributed by atoms with van der Waals surface area (Å²) in [6.45, 7) is 2.56. The van der Waals surface area contributed by atoms with E-state index in [1.807, 2.05) is 13.0 Å². The Morgan fingerprint density at radius 2 is 1.70 bits per heavy atom. The van der Waals surface area contributed by atoms with E-state index in [0.29, 0.717) is 18.3 Å². The van der Waals surface area contributed by atoms with Gasteiger partial charge >= 0.3 is 0 Å². The summed E-state index contributed by atoms with van der Waals surface area (Å²) in [6.07, 6.45) is 8.19. The average Bonchev–Trinajstić information content (AvgIpc) is 2.61. The second-order valence-electron chi connectivity index (χ2n) is 6.26. The first kappa shape index (κ1) is 16.0. The van der Waals surface area contributed by atoms with Crippen molar-refractivity contribution in [1.82, 2.24) is 0 Å². The lowest BCUT2D eigenvalue weighted by Gasteiger charge is -2.22. The van der Waals surface area contributed by atoms with E-state index in [9.17, 15) is 4.39 Å². The molecule has 1 radical (unpaired) electrons. The number of ether oxygens (including phenoxy) is 1. The van der Waals surface area contributed by atoms with Crippen LogP contribution in [-0.2, 0) is 0 Å². The summed E-state index contributed by atoms with van der Waals surface area (Å²) in [5, 5.41) is 0. The fourth-order valence-electron chi connectivity index (χ4n) is 3.22. The molecule has 2 aromatic rings. The Kier molecular flexibility index (Phi) is 5.32. The van der Waals surface area contributed by atoms with Crippen LogP contribution in [0.4, 0.5) is 4.39 Å². The maximum atomic E-state index is 14.1. The Labute approximate surface area is 138 Å². The van der Waals surface area contributed by atoms with Gasteiger partial charge in [0.1, 0.15) is 0 Å². The van der Waals surface area contributed by atoms with Gasteiger partial charge in [0.15, 0.2) is 11.6 Å². The molecule has 1 aliphatic rings. The molecule has 0 N–H and O–H groups in total. The molecule has 0 aromatic heterocycles. The molecule has 0 bridgehead atoms. The van der Waals surface area contributed by atoms with E-state index in [2.05, 4.69) is 30.7 Å². The average molecular weight is 311 g/mol. The molecule has 0 heterocycles. The van der Waals surface area contributed by atoms with Gasteiger partial charge in [0.2, 0.25) is 0 Å². The summed E-state index contributed by atoms with van der Waals surface area (Å²) in [5.74, 6) is 0.726. The van der Waals surface area contributed by atoms with Crippen molar-refractivity contribution >= 4 is 0 Å². The molecule has 1 aliphatic carbocycles. The molecule has 121 valence electrons. The first-order valence-electron chi connectivity index (χ1n) is 8.62. The molecule has 0 spiro atoms. The normalized spacial score (nSPS) is 15.6. The standard InChI is InChI=1S/C21H24FO/c1-2-14-23-21-13-12-19(15-20(21)22)18-10-8-17(9-11-18)16-6-4-3-5-7-16/h3,8-13,15-16H,2,4-7,14H2,1H3. The second kappa shape index (κ2) is 7.63. The highest BCUT2D eigenvalue weighted by molar-refractivity contribution is 5.64. The van der Waals surface area contributed by atoms with Crippen LogP contribution in [0.1, 0.15) is 50.5 Å². The van der Waals surface area contributed by atoms with Gasteiger partial charge in [-0.05, 0) is 73.3 Å². The van der Waals surface area contributed by atoms with Gasteiger partial charge in [-0.3, -0.25) is 0 Å². The summed E-state index contributed by atoms with van der Waals surface area (Å²) in [5.41, 5.74) is 3.36. The Morgan fingerprint density at radius 3 is 2.35 bits per heavy atom.